The summed E-state index contributed by atoms with van der Waals surface area (Å²) in [6.07, 6.45) is 3.95. The van der Waals surface area contributed by atoms with Gasteiger partial charge in [0.1, 0.15) is 5.75 Å². The van der Waals surface area contributed by atoms with E-state index in [0.29, 0.717) is 12.6 Å². The molecule has 0 radical (unpaired) electrons. The van der Waals surface area contributed by atoms with Gasteiger partial charge in [0.25, 0.3) is 0 Å². The van der Waals surface area contributed by atoms with E-state index in [1.165, 1.54) is 0 Å². The highest BCUT2D eigenvalue weighted by atomic mass is 16.5. The third-order valence-corrected chi connectivity index (χ3v) is 3.56. The summed E-state index contributed by atoms with van der Waals surface area (Å²) in [5.74, 6) is 0.732. The number of anilines is 1. The molecule has 0 saturated carbocycles. The van der Waals surface area contributed by atoms with E-state index in [4.69, 9.17) is 4.74 Å². The molecule has 0 saturated heterocycles. The molecule has 2 aromatic rings. The van der Waals surface area contributed by atoms with Gasteiger partial charge in [-0.1, -0.05) is 0 Å². The molecule has 0 aliphatic rings. The lowest BCUT2D eigenvalue weighted by atomic mass is 10.1. The van der Waals surface area contributed by atoms with Gasteiger partial charge in [0.15, 0.2) is 0 Å². The number of aliphatic hydroxyl groups is 1. The standard InChI is InChI=1S/C17H25N3O2/c1-5-22-17-7-6-16(8-14(17)11-21)19-13(4)15-9-18-20(10-15)12(2)3/h6-10,12-13,19,21H,5,11H2,1-4H3. The second kappa shape index (κ2) is 7.31. The molecule has 0 aliphatic carbocycles. The van der Waals surface area contributed by atoms with Gasteiger partial charge in [-0.05, 0) is 45.9 Å². The zero-order chi connectivity index (χ0) is 16.1. The van der Waals surface area contributed by atoms with E-state index in [1.807, 2.05) is 36.0 Å². The zero-order valence-electron chi connectivity index (χ0n) is 13.7. The Morgan fingerprint density at radius 3 is 2.68 bits per heavy atom. The molecule has 0 spiro atoms. The maximum absolute atomic E-state index is 9.46. The van der Waals surface area contributed by atoms with Crippen molar-refractivity contribution in [3.05, 3.63) is 41.7 Å². The van der Waals surface area contributed by atoms with Gasteiger partial charge in [-0.3, -0.25) is 4.68 Å². The molecule has 120 valence electrons. The number of ether oxygens (including phenoxy) is 1. The van der Waals surface area contributed by atoms with Gasteiger partial charge in [-0.15, -0.1) is 0 Å². The summed E-state index contributed by atoms with van der Waals surface area (Å²) in [5, 5.41) is 17.3. The average Bonchev–Trinajstić information content (AvgIpc) is 2.99. The molecule has 1 aromatic carbocycles. The molecule has 1 aromatic heterocycles. The Morgan fingerprint density at radius 1 is 1.32 bits per heavy atom. The van der Waals surface area contributed by atoms with E-state index in [-0.39, 0.29) is 12.6 Å². The minimum Gasteiger partial charge on any atom is -0.494 e. The molecule has 0 amide bonds. The van der Waals surface area contributed by atoms with Gasteiger partial charge >= 0.3 is 0 Å². The Morgan fingerprint density at radius 2 is 2.09 bits per heavy atom. The van der Waals surface area contributed by atoms with Crippen LogP contribution < -0.4 is 10.1 Å². The first-order chi connectivity index (χ1) is 10.5. The van der Waals surface area contributed by atoms with Crippen molar-refractivity contribution in [2.24, 2.45) is 0 Å². The third-order valence-electron chi connectivity index (χ3n) is 3.56. The number of rotatable bonds is 7. The van der Waals surface area contributed by atoms with E-state index in [0.717, 1.165) is 22.6 Å². The SMILES string of the molecule is CCOc1ccc(NC(C)c2cnn(C(C)C)c2)cc1CO. The molecule has 1 unspecified atom stereocenters. The molecule has 2 rings (SSSR count). The Hall–Kier alpha value is -2.01. The molecule has 5 heteroatoms. The minimum atomic E-state index is -0.0372. The Kier molecular flexibility index (Phi) is 5.44. The predicted octanol–water partition coefficient (Wildman–Crippen LogP) is 3.53. The molecule has 0 aliphatic heterocycles. The summed E-state index contributed by atoms with van der Waals surface area (Å²) in [5.41, 5.74) is 2.88. The number of hydrogen-bond acceptors (Lipinski definition) is 4. The van der Waals surface area contributed by atoms with Gasteiger partial charge in [-0.2, -0.15) is 5.10 Å². The second-order valence-corrected chi connectivity index (χ2v) is 5.63. The fourth-order valence-electron chi connectivity index (χ4n) is 2.28. The molecular weight excluding hydrogens is 278 g/mol. The van der Waals surface area contributed by atoms with Crippen LogP contribution in [0.5, 0.6) is 5.75 Å². The first kappa shape index (κ1) is 16.4. The second-order valence-electron chi connectivity index (χ2n) is 5.63. The van der Waals surface area contributed by atoms with Crippen LogP contribution in [-0.2, 0) is 6.61 Å². The van der Waals surface area contributed by atoms with Crippen molar-refractivity contribution in [3.8, 4) is 5.75 Å². The summed E-state index contributed by atoms with van der Waals surface area (Å²) < 4.78 is 7.45. The monoisotopic (exact) mass is 303 g/mol. The Balaban J connectivity index is 2.11. The van der Waals surface area contributed by atoms with E-state index >= 15 is 0 Å². The lowest BCUT2D eigenvalue weighted by Gasteiger charge is -2.16. The minimum absolute atomic E-state index is 0.0372. The van der Waals surface area contributed by atoms with Gasteiger partial charge in [0, 0.05) is 29.1 Å². The molecule has 1 heterocycles. The summed E-state index contributed by atoms with van der Waals surface area (Å²) in [6, 6.07) is 6.27. The maximum atomic E-state index is 9.46. The van der Waals surface area contributed by atoms with Crippen LogP contribution in [0.3, 0.4) is 0 Å². The Bertz CT molecular complexity index is 608. The molecule has 2 N–H and O–H groups in total. The van der Waals surface area contributed by atoms with Crippen molar-refractivity contribution < 1.29 is 9.84 Å². The lowest BCUT2D eigenvalue weighted by molar-refractivity contribution is 0.267. The van der Waals surface area contributed by atoms with Crippen LogP contribution in [0.4, 0.5) is 5.69 Å². The van der Waals surface area contributed by atoms with Crippen molar-refractivity contribution in [2.45, 2.75) is 46.4 Å². The van der Waals surface area contributed by atoms with Crippen molar-refractivity contribution in [1.82, 2.24) is 9.78 Å². The number of nitrogens with one attached hydrogen (secondary N) is 1. The van der Waals surface area contributed by atoms with Gasteiger partial charge in [0.05, 0.1) is 25.5 Å². The summed E-state index contributed by atoms with van der Waals surface area (Å²) in [7, 11) is 0. The van der Waals surface area contributed by atoms with Crippen LogP contribution in [0.1, 0.15) is 50.9 Å². The maximum Gasteiger partial charge on any atom is 0.124 e. The molecule has 0 bridgehead atoms. The number of nitrogens with zero attached hydrogens (tertiary/aromatic N) is 2. The lowest BCUT2D eigenvalue weighted by Crippen LogP contribution is -2.07. The topological polar surface area (TPSA) is 59.3 Å². The fraction of sp³-hybridized carbons (Fsp3) is 0.471. The van der Waals surface area contributed by atoms with Crippen LogP contribution in [-0.4, -0.2) is 21.5 Å². The number of aromatic nitrogens is 2. The third kappa shape index (κ3) is 3.80. The number of aliphatic hydroxyl groups excluding tert-OH is 1. The normalized spacial score (nSPS) is 12.5. The van der Waals surface area contributed by atoms with Crippen LogP contribution in [0, 0.1) is 0 Å². The van der Waals surface area contributed by atoms with Gasteiger partial charge in [0.2, 0.25) is 0 Å². The van der Waals surface area contributed by atoms with Crippen LogP contribution >= 0.6 is 0 Å². The smallest absolute Gasteiger partial charge is 0.124 e. The summed E-state index contributed by atoms with van der Waals surface area (Å²) in [4.78, 5) is 0. The largest absolute Gasteiger partial charge is 0.494 e. The van der Waals surface area contributed by atoms with Gasteiger partial charge < -0.3 is 15.2 Å². The van der Waals surface area contributed by atoms with E-state index in [1.54, 1.807) is 0 Å². The quantitative estimate of drug-likeness (QED) is 0.821. The summed E-state index contributed by atoms with van der Waals surface area (Å²) >= 11 is 0. The van der Waals surface area contributed by atoms with Crippen molar-refractivity contribution in [3.63, 3.8) is 0 Å². The molecule has 5 nitrogen and oxygen atoms in total. The van der Waals surface area contributed by atoms with E-state index in [2.05, 4.69) is 37.4 Å². The predicted molar refractivity (Wildman–Crippen MR) is 88.2 cm³/mol. The highest BCUT2D eigenvalue weighted by Gasteiger charge is 2.11. The molecule has 22 heavy (non-hydrogen) atoms. The fourth-order valence-corrected chi connectivity index (χ4v) is 2.28. The van der Waals surface area contributed by atoms with Crippen molar-refractivity contribution in [2.75, 3.05) is 11.9 Å². The Labute approximate surface area is 131 Å². The highest BCUT2D eigenvalue weighted by molar-refractivity contribution is 5.52. The first-order valence-electron chi connectivity index (χ1n) is 7.72. The van der Waals surface area contributed by atoms with Crippen LogP contribution in [0.25, 0.3) is 0 Å². The average molecular weight is 303 g/mol. The van der Waals surface area contributed by atoms with Crippen LogP contribution in [0.2, 0.25) is 0 Å². The molecule has 1 atom stereocenters. The van der Waals surface area contributed by atoms with Gasteiger partial charge in [-0.25, -0.2) is 0 Å². The van der Waals surface area contributed by atoms with Crippen LogP contribution in [0.15, 0.2) is 30.6 Å². The first-order valence-corrected chi connectivity index (χ1v) is 7.72. The van der Waals surface area contributed by atoms with E-state index in [9.17, 15) is 5.11 Å². The highest BCUT2D eigenvalue weighted by Crippen LogP contribution is 2.26. The van der Waals surface area contributed by atoms with Crippen molar-refractivity contribution in [1.29, 1.82) is 0 Å². The number of hydrogen-bond donors (Lipinski definition) is 2. The summed E-state index contributed by atoms with van der Waals surface area (Å²) in [6.45, 7) is 8.79. The van der Waals surface area contributed by atoms with Crippen molar-refractivity contribution >= 4 is 5.69 Å². The zero-order valence-corrected chi connectivity index (χ0v) is 13.7. The van der Waals surface area contributed by atoms with E-state index < -0.39 is 0 Å². The molecular formula is C17H25N3O2. The number of benzene rings is 1. The molecule has 0 fully saturated rings.